The van der Waals surface area contributed by atoms with Crippen molar-refractivity contribution in [1.29, 1.82) is 0 Å². The molecule has 3 aromatic rings. The highest BCUT2D eigenvalue weighted by Gasteiger charge is 2.00. The molecule has 3 rings (SSSR count). The summed E-state index contributed by atoms with van der Waals surface area (Å²) < 4.78 is 7.41. The van der Waals surface area contributed by atoms with Gasteiger partial charge in [-0.25, -0.2) is 9.66 Å². The van der Waals surface area contributed by atoms with Crippen LogP contribution in [-0.4, -0.2) is 15.9 Å². The molecule has 0 bridgehead atoms. The number of imidazole rings is 1. The zero-order valence-electron chi connectivity index (χ0n) is 13.8. The van der Waals surface area contributed by atoms with E-state index in [9.17, 15) is 0 Å². The summed E-state index contributed by atoms with van der Waals surface area (Å²) in [5.41, 5.74) is 9.92. The summed E-state index contributed by atoms with van der Waals surface area (Å²) in [5, 5.41) is 4.32. The normalized spacial score (nSPS) is 11.1. The van der Waals surface area contributed by atoms with Crippen LogP contribution in [0.2, 0.25) is 0 Å². The van der Waals surface area contributed by atoms with E-state index in [0.29, 0.717) is 12.6 Å². The number of aromatic nitrogens is 2. The highest BCUT2D eigenvalue weighted by atomic mass is 16.5. The molecule has 0 saturated heterocycles. The fourth-order valence-electron chi connectivity index (χ4n) is 2.38. The van der Waals surface area contributed by atoms with Gasteiger partial charge in [-0.15, -0.1) is 0 Å². The van der Waals surface area contributed by atoms with Crippen LogP contribution >= 0.6 is 0 Å². The summed E-state index contributed by atoms with van der Waals surface area (Å²) in [6, 6.07) is 16.1. The van der Waals surface area contributed by atoms with Crippen molar-refractivity contribution < 1.29 is 4.74 Å². The third-order valence-corrected chi connectivity index (χ3v) is 3.51. The van der Waals surface area contributed by atoms with Gasteiger partial charge in [-0.3, -0.25) is 0 Å². The molecule has 5 nitrogen and oxygen atoms in total. The molecule has 0 atom stereocenters. The summed E-state index contributed by atoms with van der Waals surface area (Å²) in [5.74, 6) is 1.17. The number of hydrogen-bond acceptors (Lipinski definition) is 4. The van der Waals surface area contributed by atoms with E-state index in [1.54, 1.807) is 17.1 Å². The zero-order valence-corrected chi connectivity index (χ0v) is 13.8. The van der Waals surface area contributed by atoms with Gasteiger partial charge < -0.3 is 10.5 Å². The number of ether oxygens (including phenoxy) is 1. The molecule has 1 heterocycles. The van der Waals surface area contributed by atoms with Gasteiger partial charge in [0.15, 0.2) is 0 Å². The minimum absolute atomic E-state index is 0.371. The van der Waals surface area contributed by atoms with Gasteiger partial charge >= 0.3 is 0 Å². The van der Waals surface area contributed by atoms with Gasteiger partial charge in [-0.05, 0) is 37.1 Å². The average Bonchev–Trinajstić information content (AvgIpc) is 2.89. The van der Waals surface area contributed by atoms with Gasteiger partial charge in [-0.1, -0.05) is 42.0 Å². The second-order valence-electron chi connectivity index (χ2n) is 5.68. The van der Waals surface area contributed by atoms with Gasteiger partial charge in [0, 0.05) is 0 Å². The number of nitrogen functional groups attached to an aromatic ring is 1. The molecule has 0 aliphatic heterocycles. The van der Waals surface area contributed by atoms with Crippen LogP contribution in [0.3, 0.4) is 0 Å². The number of anilines is 1. The van der Waals surface area contributed by atoms with Gasteiger partial charge in [0.05, 0.1) is 18.1 Å². The van der Waals surface area contributed by atoms with Crippen LogP contribution in [-0.2, 0) is 6.61 Å². The lowest BCUT2D eigenvalue weighted by atomic mass is 10.1. The summed E-state index contributed by atoms with van der Waals surface area (Å²) >= 11 is 0. The summed E-state index contributed by atoms with van der Waals surface area (Å²) in [6.45, 7) is 4.49. The third-order valence-electron chi connectivity index (χ3n) is 3.51. The van der Waals surface area contributed by atoms with Crippen LogP contribution in [0.5, 0.6) is 5.75 Å². The lowest BCUT2D eigenvalue weighted by Gasteiger charge is -2.07. The predicted molar refractivity (Wildman–Crippen MR) is 96.3 cm³/mol. The Morgan fingerprint density at radius 2 is 2.00 bits per heavy atom. The van der Waals surface area contributed by atoms with Gasteiger partial charge in [0.25, 0.3) is 0 Å². The van der Waals surface area contributed by atoms with E-state index in [4.69, 9.17) is 10.5 Å². The van der Waals surface area contributed by atoms with E-state index in [0.717, 1.165) is 22.6 Å². The third kappa shape index (κ3) is 4.01. The molecule has 122 valence electrons. The van der Waals surface area contributed by atoms with Gasteiger partial charge in [0.1, 0.15) is 12.4 Å². The van der Waals surface area contributed by atoms with Crippen molar-refractivity contribution in [3.8, 4) is 5.75 Å². The van der Waals surface area contributed by atoms with Crippen LogP contribution in [0.15, 0.2) is 59.8 Å². The fourth-order valence-corrected chi connectivity index (χ4v) is 2.38. The van der Waals surface area contributed by atoms with E-state index < -0.39 is 0 Å². The van der Waals surface area contributed by atoms with E-state index >= 15 is 0 Å². The zero-order chi connectivity index (χ0) is 16.9. The van der Waals surface area contributed by atoms with E-state index in [1.807, 2.05) is 37.3 Å². The molecule has 0 aliphatic rings. The highest BCUT2D eigenvalue weighted by Crippen LogP contribution is 2.15. The van der Waals surface area contributed by atoms with Crippen LogP contribution in [0.4, 0.5) is 5.95 Å². The summed E-state index contributed by atoms with van der Waals surface area (Å²) in [6.07, 6.45) is 3.51. The second-order valence-corrected chi connectivity index (χ2v) is 5.68. The maximum absolute atomic E-state index is 5.86. The number of benzene rings is 2. The number of nitrogens with two attached hydrogens (primary N) is 1. The van der Waals surface area contributed by atoms with E-state index in [1.165, 1.54) is 5.56 Å². The van der Waals surface area contributed by atoms with E-state index in [-0.39, 0.29) is 0 Å². The molecule has 1 aromatic heterocycles. The van der Waals surface area contributed by atoms with Crippen molar-refractivity contribution in [3.63, 3.8) is 0 Å². The minimum Gasteiger partial charge on any atom is -0.489 e. The largest absolute Gasteiger partial charge is 0.489 e. The fraction of sp³-hybridized carbons (Fsp3) is 0.158. The van der Waals surface area contributed by atoms with E-state index in [2.05, 4.69) is 35.2 Å². The number of rotatable bonds is 5. The molecule has 0 fully saturated rings. The standard InChI is InChI=1S/C19H20N4O/c1-14-5-3-7-17(9-14)13-24-18-8-4-6-16(10-18)11-21-23-12-15(2)22-19(23)20/h3-12H,13H2,1-2H3,(H2,20,22). The first-order chi connectivity index (χ1) is 11.6. The molecule has 2 aromatic carbocycles. The van der Waals surface area contributed by atoms with Crippen molar-refractivity contribution >= 4 is 12.2 Å². The Labute approximate surface area is 141 Å². The van der Waals surface area contributed by atoms with Crippen molar-refractivity contribution in [2.45, 2.75) is 20.5 Å². The highest BCUT2D eigenvalue weighted by molar-refractivity contribution is 5.80. The van der Waals surface area contributed by atoms with Crippen molar-refractivity contribution in [3.05, 3.63) is 77.1 Å². The first-order valence-corrected chi connectivity index (χ1v) is 7.74. The number of aryl methyl sites for hydroxylation is 2. The van der Waals surface area contributed by atoms with Crippen molar-refractivity contribution in [2.24, 2.45) is 5.10 Å². The average molecular weight is 320 g/mol. The molecular formula is C19H20N4O. The topological polar surface area (TPSA) is 65.4 Å². The van der Waals surface area contributed by atoms with Crippen LogP contribution in [0.25, 0.3) is 0 Å². The molecule has 2 N–H and O–H groups in total. The predicted octanol–water partition coefficient (Wildman–Crippen LogP) is 3.54. The molecule has 0 aliphatic carbocycles. The lowest BCUT2D eigenvalue weighted by Crippen LogP contribution is -1.98. The maximum atomic E-state index is 5.86. The van der Waals surface area contributed by atoms with Crippen molar-refractivity contribution in [2.75, 3.05) is 5.73 Å². The van der Waals surface area contributed by atoms with Crippen LogP contribution in [0, 0.1) is 13.8 Å². The Morgan fingerprint density at radius 3 is 2.75 bits per heavy atom. The van der Waals surface area contributed by atoms with Crippen molar-refractivity contribution in [1.82, 2.24) is 9.66 Å². The molecule has 0 saturated carbocycles. The van der Waals surface area contributed by atoms with Gasteiger partial charge in [0.2, 0.25) is 5.95 Å². The SMILES string of the molecule is Cc1cccc(COc2cccc(C=Nn3cc(C)nc3N)c2)c1. The molecule has 0 radical (unpaired) electrons. The summed E-state index contributed by atoms with van der Waals surface area (Å²) in [4.78, 5) is 4.11. The van der Waals surface area contributed by atoms with Crippen LogP contribution in [0.1, 0.15) is 22.4 Å². The quantitative estimate of drug-likeness (QED) is 0.731. The molecule has 0 spiro atoms. The Morgan fingerprint density at radius 1 is 1.17 bits per heavy atom. The molecule has 0 amide bonds. The molecular weight excluding hydrogens is 300 g/mol. The molecule has 24 heavy (non-hydrogen) atoms. The first kappa shape index (κ1) is 15.8. The second kappa shape index (κ2) is 7.00. The number of nitrogens with zero attached hydrogens (tertiary/aromatic N) is 3. The Bertz CT molecular complexity index is 867. The monoisotopic (exact) mass is 320 g/mol. The van der Waals surface area contributed by atoms with Gasteiger partial charge in [-0.2, -0.15) is 5.10 Å². The Kier molecular flexibility index (Phi) is 4.61. The minimum atomic E-state index is 0.371. The maximum Gasteiger partial charge on any atom is 0.221 e. The lowest BCUT2D eigenvalue weighted by molar-refractivity contribution is 0.306. The first-order valence-electron chi connectivity index (χ1n) is 7.74. The summed E-state index contributed by atoms with van der Waals surface area (Å²) in [7, 11) is 0. The molecule has 5 heteroatoms. The van der Waals surface area contributed by atoms with Crippen LogP contribution < -0.4 is 10.5 Å². The number of hydrogen-bond donors (Lipinski definition) is 1. The Hall–Kier alpha value is -3.08. The Balaban J connectivity index is 1.69. The molecule has 0 unspecified atom stereocenters. The smallest absolute Gasteiger partial charge is 0.221 e.